The highest BCUT2D eigenvalue weighted by molar-refractivity contribution is 8.93. The van der Waals surface area contributed by atoms with Gasteiger partial charge in [0.05, 0.1) is 6.54 Å². The predicted molar refractivity (Wildman–Crippen MR) is 65.1 cm³/mol. The molecule has 1 saturated heterocycles. The van der Waals surface area contributed by atoms with Crippen molar-refractivity contribution in [1.29, 1.82) is 0 Å². The van der Waals surface area contributed by atoms with Crippen LogP contribution in [0.25, 0.3) is 0 Å². The lowest BCUT2D eigenvalue weighted by atomic mass is 10.2. The Morgan fingerprint density at radius 3 is 2.67 bits per heavy atom. The number of halogens is 1. The summed E-state index contributed by atoms with van der Waals surface area (Å²) < 4.78 is 0. The Morgan fingerprint density at radius 2 is 2.00 bits per heavy atom. The summed E-state index contributed by atoms with van der Waals surface area (Å²) in [4.78, 5) is 13.4. The SMILES string of the molecule is Br.O=C1CNCCN1Cc1ccccc1. The number of carbonyl (C=O) groups is 1. The first-order valence-corrected chi connectivity index (χ1v) is 4.89. The van der Waals surface area contributed by atoms with Crippen LogP contribution in [0.1, 0.15) is 5.56 Å². The Kier molecular flexibility index (Phi) is 4.78. The molecule has 1 aliphatic heterocycles. The lowest BCUT2D eigenvalue weighted by Gasteiger charge is -2.27. The second-order valence-corrected chi connectivity index (χ2v) is 3.48. The van der Waals surface area contributed by atoms with Gasteiger partial charge in [-0.3, -0.25) is 4.79 Å². The fourth-order valence-electron chi connectivity index (χ4n) is 1.62. The minimum absolute atomic E-state index is 0. The molecule has 0 aliphatic carbocycles. The van der Waals surface area contributed by atoms with Crippen LogP contribution < -0.4 is 5.32 Å². The van der Waals surface area contributed by atoms with E-state index in [1.807, 2.05) is 23.1 Å². The largest absolute Gasteiger partial charge is 0.336 e. The molecule has 15 heavy (non-hydrogen) atoms. The van der Waals surface area contributed by atoms with E-state index in [1.54, 1.807) is 0 Å². The van der Waals surface area contributed by atoms with Crippen molar-refractivity contribution < 1.29 is 4.79 Å². The Bertz CT molecular complexity index is 316. The average molecular weight is 271 g/mol. The van der Waals surface area contributed by atoms with Gasteiger partial charge in [-0.25, -0.2) is 0 Å². The second-order valence-electron chi connectivity index (χ2n) is 3.48. The maximum atomic E-state index is 11.5. The molecule has 2 rings (SSSR count). The molecule has 0 spiro atoms. The van der Waals surface area contributed by atoms with E-state index < -0.39 is 0 Å². The van der Waals surface area contributed by atoms with E-state index in [0.717, 1.165) is 19.6 Å². The summed E-state index contributed by atoms with van der Waals surface area (Å²) in [6.07, 6.45) is 0. The van der Waals surface area contributed by atoms with Crippen molar-refractivity contribution in [3.05, 3.63) is 35.9 Å². The summed E-state index contributed by atoms with van der Waals surface area (Å²) in [6, 6.07) is 10.1. The normalized spacial score (nSPS) is 16.0. The van der Waals surface area contributed by atoms with E-state index in [9.17, 15) is 4.79 Å². The van der Waals surface area contributed by atoms with Gasteiger partial charge in [0.2, 0.25) is 5.91 Å². The highest BCUT2D eigenvalue weighted by Gasteiger charge is 2.16. The third kappa shape index (κ3) is 3.32. The molecule has 1 amide bonds. The lowest BCUT2D eigenvalue weighted by Crippen LogP contribution is -2.47. The maximum absolute atomic E-state index is 11.5. The molecule has 1 N–H and O–H groups in total. The Balaban J connectivity index is 0.00000112. The van der Waals surface area contributed by atoms with Crippen LogP contribution in [0.2, 0.25) is 0 Å². The number of carbonyl (C=O) groups excluding carboxylic acids is 1. The van der Waals surface area contributed by atoms with Crippen LogP contribution in [0.3, 0.4) is 0 Å². The molecule has 0 saturated carbocycles. The second kappa shape index (κ2) is 5.88. The highest BCUT2D eigenvalue weighted by atomic mass is 79.9. The molecular weight excluding hydrogens is 256 g/mol. The summed E-state index contributed by atoms with van der Waals surface area (Å²) >= 11 is 0. The number of nitrogens with one attached hydrogen (secondary N) is 1. The van der Waals surface area contributed by atoms with Gasteiger partial charge in [0.1, 0.15) is 0 Å². The zero-order valence-electron chi connectivity index (χ0n) is 8.48. The van der Waals surface area contributed by atoms with Gasteiger partial charge in [-0.1, -0.05) is 30.3 Å². The van der Waals surface area contributed by atoms with E-state index in [1.165, 1.54) is 5.56 Å². The summed E-state index contributed by atoms with van der Waals surface area (Å²) in [5.74, 6) is 0.195. The Morgan fingerprint density at radius 1 is 1.27 bits per heavy atom. The number of amides is 1. The molecule has 0 atom stereocenters. The van der Waals surface area contributed by atoms with Gasteiger partial charge >= 0.3 is 0 Å². The van der Waals surface area contributed by atoms with Gasteiger partial charge in [0.25, 0.3) is 0 Å². The molecule has 1 aliphatic rings. The van der Waals surface area contributed by atoms with E-state index in [2.05, 4.69) is 17.4 Å². The molecule has 1 heterocycles. The van der Waals surface area contributed by atoms with Crippen LogP contribution >= 0.6 is 17.0 Å². The first-order chi connectivity index (χ1) is 6.86. The van der Waals surface area contributed by atoms with Crippen molar-refractivity contribution in [3.8, 4) is 0 Å². The number of nitrogens with zero attached hydrogens (tertiary/aromatic N) is 1. The fraction of sp³-hybridized carbons (Fsp3) is 0.364. The number of benzene rings is 1. The number of hydrogen-bond acceptors (Lipinski definition) is 2. The minimum Gasteiger partial charge on any atom is -0.336 e. The van der Waals surface area contributed by atoms with Crippen molar-refractivity contribution in [3.63, 3.8) is 0 Å². The predicted octanol–water partition coefficient (Wildman–Crippen LogP) is 1.20. The molecule has 0 bridgehead atoms. The average Bonchev–Trinajstić information content (AvgIpc) is 2.23. The van der Waals surface area contributed by atoms with Crippen LogP contribution in [-0.4, -0.2) is 30.4 Å². The number of rotatable bonds is 2. The van der Waals surface area contributed by atoms with Crippen LogP contribution in [-0.2, 0) is 11.3 Å². The van der Waals surface area contributed by atoms with Crippen molar-refractivity contribution in [1.82, 2.24) is 10.2 Å². The van der Waals surface area contributed by atoms with Crippen molar-refractivity contribution in [2.45, 2.75) is 6.54 Å². The molecular formula is C11H15BrN2O. The van der Waals surface area contributed by atoms with Gasteiger partial charge < -0.3 is 10.2 Å². The Labute approximate surface area is 100 Å². The van der Waals surface area contributed by atoms with Crippen LogP contribution in [0.15, 0.2) is 30.3 Å². The van der Waals surface area contributed by atoms with Gasteiger partial charge in [-0.15, -0.1) is 17.0 Å². The van der Waals surface area contributed by atoms with E-state index in [-0.39, 0.29) is 22.9 Å². The molecule has 0 radical (unpaired) electrons. The first kappa shape index (κ1) is 12.2. The third-order valence-corrected chi connectivity index (χ3v) is 2.40. The lowest BCUT2D eigenvalue weighted by molar-refractivity contribution is -0.132. The standard InChI is InChI=1S/C11H14N2O.BrH/c14-11-8-12-6-7-13(11)9-10-4-2-1-3-5-10;/h1-5,12H,6-9H2;1H. The van der Waals surface area contributed by atoms with E-state index in [0.29, 0.717) is 6.54 Å². The summed E-state index contributed by atoms with van der Waals surface area (Å²) in [6.45, 7) is 2.93. The zero-order valence-corrected chi connectivity index (χ0v) is 10.2. The number of piperazine rings is 1. The van der Waals surface area contributed by atoms with Crippen molar-refractivity contribution in [2.75, 3.05) is 19.6 Å². The Hall–Kier alpha value is -0.870. The number of hydrogen-bond donors (Lipinski definition) is 1. The van der Waals surface area contributed by atoms with Crippen molar-refractivity contribution >= 4 is 22.9 Å². The molecule has 0 aromatic heterocycles. The molecule has 3 nitrogen and oxygen atoms in total. The molecule has 0 unspecified atom stereocenters. The molecule has 82 valence electrons. The van der Waals surface area contributed by atoms with Gasteiger partial charge in [0, 0.05) is 19.6 Å². The quantitative estimate of drug-likeness (QED) is 0.876. The molecule has 1 aromatic carbocycles. The minimum atomic E-state index is 0. The summed E-state index contributed by atoms with van der Waals surface area (Å²) in [7, 11) is 0. The van der Waals surface area contributed by atoms with Gasteiger partial charge in [-0.05, 0) is 5.56 Å². The van der Waals surface area contributed by atoms with Crippen LogP contribution in [0.4, 0.5) is 0 Å². The maximum Gasteiger partial charge on any atom is 0.236 e. The first-order valence-electron chi connectivity index (χ1n) is 4.89. The monoisotopic (exact) mass is 270 g/mol. The van der Waals surface area contributed by atoms with Crippen LogP contribution in [0.5, 0.6) is 0 Å². The van der Waals surface area contributed by atoms with Gasteiger partial charge in [0.15, 0.2) is 0 Å². The molecule has 1 aromatic rings. The van der Waals surface area contributed by atoms with E-state index >= 15 is 0 Å². The third-order valence-electron chi connectivity index (χ3n) is 2.40. The van der Waals surface area contributed by atoms with Crippen LogP contribution in [0, 0.1) is 0 Å². The highest BCUT2D eigenvalue weighted by Crippen LogP contribution is 2.05. The fourth-order valence-corrected chi connectivity index (χ4v) is 1.62. The topological polar surface area (TPSA) is 32.3 Å². The van der Waals surface area contributed by atoms with E-state index in [4.69, 9.17) is 0 Å². The van der Waals surface area contributed by atoms with Gasteiger partial charge in [-0.2, -0.15) is 0 Å². The summed E-state index contributed by atoms with van der Waals surface area (Å²) in [5.41, 5.74) is 1.20. The zero-order chi connectivity index (χ0) is 9.80. The smallest absolute Gasteiger partial charge is 0.236 e. The van der Waals surface area contributed by atoms with Crippen molar-refractivity contribution in [2.24, 2.45) is 0 Å². The molecule has 4 heteroatoms. The molecule has 1 fully saturated rings. The summed E-state index contributed by atoms with van der Waals surface area (Å²) in [5, 5.41) is 3.06.